The van der Waals surface area contributed by atoms with Crippen LogP contribution in [0.2, 0.25) is 0 Å². The summed E-state index contributed by atoms with van der Waals surface area (Å²) in [5.74, 6) is 0. The van der Waals surface area contributed by atoms with Gasteiger partial charge in [0.15, 0.2) is 5.58 Å². The molecule has 1 aromatic carbocycles. The minimum Gasteiger partial charge on any atom is -0.424 e. The van der Waals surface area contributed by atoms with Crippen molar-refractivity contribution in [3.63, 3.8) is 0 Å². The van der Waals surface area contributed by atoms with E-state index in [0.29, 0.717) is 5.58 Å². The number of rotatable bonds is 0. The molecular formula is C7H6N2OS. The summed E-state index contributed by atoms with van der Waals surface area (Å²) in [6.45, 7) is 0. The fourth-order valence-corrected chi connectivity index (χ4v) is 1.12. The number of hydrogen-bond acceptors (Lipinski definition) is 4. The first-order chi connectivity index (χ1) is 5.25. The molecule has 0 unspecified atom stereocenters. The van der Waals surface area contributed by atoms with Crippen molar-refractivity contribution in [2.45, 2.75) is 4.90 Å². The van der Waals surface area contributed by atoms with Crippen LogP contribution in [0.1, 0.15) is 0 Å². The number of benzene rings is 1. The van der Waals surface area contributed by atoms with E-state index in [1.807, 2.05) is 12.1 Å². The van der Waals surface area contributed by atoms with E-state index >= 15 is 0 Å². The molecule has 4 heteroatoms. The summed E-state index contributed by atoms with van der Waals surface area (Å²) in [6.07, 6.45) is 0. The maximum atomic E-state index is 5.34. The summed E-state index contributed by atoms with van der Waals surface area (Å²) < 4.78 is 5.07. The third-order valence-corrected chi connectivity index (χ3v) is 1.67. The van der Waals surface area contributed by atoms with Gasteiger partial charge in [0.25, 0.3) is 6.01 Å². The van der Waals surface area contributed by atoms with E-state index in [0.717, 1.165) is 10.4 Å². The predicted molar refractivity (Wildman–Crippen MR) is 45.7 cm³/mol. The molecule has 0 aliphatic rings. The molecule has 0 radical (unpaired) electrons. The lowest BCUT2D eigenvalue weighted by atomic mass is 10.3. The first kappa shape index (κ1) is 6.54. The standard InChI is InChI=1S/C7H6N2OS/c8-7-9-5-2-1-4(11)3-6(5)10-7/h1-3,11H,(H2,8,9). The number of nitrogen functional groups attached to an aromatic ring is 1. The smallest absolute Gasteiger partial charge is 0.292 e. The second-order valence-electron chi connectivity index (χ2n) is 2.20. The highest BCUT2D eigenvalue weighted by Crippen LogP contribution is 2.19. The van der Waals surface area contributed by atoms with Crippen LogP contribution in [0, 0.1) is 0 Å². The van der Waals surface area contributed by atoms with Crippen molar-refractivity contribution in [2.24, 2.45) is 0 Å². The zero-order chi connectivity index (χ0) is 7.84. The molecule has 0 fully saturated rings. The van der Waals surface area contributed by atoms with Crippen LogP contribution in [0.5, 0.6) is 0 Å². The highest BCUT2D eigenvalue weighted by molar-refractivity contribution is 7.80. The minimum absolute atomic E-state index is 0.193. The molecule has 0 aliphatic carbocycles. The third kappa shape index (κ3) is 1.05. The molecule has 0 spiro atoms. The topological polar surface area (TPSA) is 52.0 Å². The first-order valence-corrected chi connectivity index (χ1v) is 3.55. The van der Waals surface area contributed by atoms with Gasteiger partial charge in [-0.25, -0.2) is 0 Å². The van der Waals surface area contributed by atoms with Crippen molar-refractivity contribution in [3.05, 3.63) is 18.2 Å². The van der Waals surface area contributed by atoms with Gasteiger partial charge in [0, 0.05) is 4.90 Å². The van der Waals surface area contributed by atoms with Gasteiger partial charge < -0.3 is 10.2 Å². The van der Waals surface area contributed by atoms with Crippen molar-refractivity contribution in [2.75, 3.05) is 5.73 Å². The van der Waals surface area contributed by atoms with Gasteiger partial charge >= 0.3 is 0 Å². The number of nitrogens with two attached hydrogens (primary N) is 1. The van der Waals surface area contributed by atoms with Crippen LogP contribution in [0.4, 0.5) is 6.01 Å². The molecule has 0 atom stereocenters. The molecule has 0 amide bonds. The largest absolute Gasteiger partial charge is 0.424 e. The average Bonchev–Trinajstić information content (AvgIpc) is 2.27. The van der Waals surface area contributed by atoms with Gasteiger partial charge in [0.05, 0.1) is 0 Å². The van der Waals surface area contributed by atoms with Gasteiger partial charge in [0.2, 0.25) is 0 Å². The molecule has 2 aromatic rings. The molecular weight excluding hydrogens is 160 g/mol. The number of anilines is 1. The van der Waals surface area contributed by atoms with E-state index in [1.54, 1.807) is 6.07 Å². The van der Waals surface area contributed by atoms with E-state index in [-0.39, 0.29) is 6.01 Å². The normalized spacial score (nSPS) is 10.6. The summed E-state index contributed by atoms with van der Waals surface area (Å²) in [5.41, 5.74) is 6.78. The van der Waals surface area contributed by atoms with Gasteiger partial charge in [-0.3, -0.25) is 0 Å². The molecule has 2 N–H and O–H groups in total. The molecule has 56 valence electrons. The molecule has 0 saturated heterocycles. The maximum Gasteiger partial charge on any atom is 0.292 e. The molecule has 0 aliphatic heterocycles. The lowest BCUT2D eigenvalue weighted by Gasteiger charge is -1.86. The van der Waals surface area contributed by atoms with Gasteiger partial charge in [-0.15, -0.1) is 12.6 Å². The van der Waals surface area contributed by atoms with Gasteiger partial charge in [-0.1, -0.05) is 0 Å². The monoisotopic (exact) mass is 166 g/mol. The fraction of sp³-hybridized carbons (Fsp3) is 0. The SMILES string of the molecule is Nc1nc2ccc(S)cc2o1. The average molecular weight is 166 g/mol. The zero-order valence-electron chi connectivity index (χ0n) is 5.61. The summed E-state index contributed by atoms with van der Waals surface area (Å²) in [4.78, 5) is 4.77. The number of hydrogen-bond donors (Lipinski definition) is 2. The van der Waals surface area contributed by atoms with E-state index < -0.39 is 0 Å². The number of thiol groups is 1. The quantitative estimate of drug-likeness (QED) is 0.585. The van der Waals surface area contributed by atoms with Crippen molar-refractivity contribution < 1.29 is 4.42 Å². The molecule has 1 heterocycles. The van der Waals surface area contributed by atoms with Crippen LogP contribution in [0.25, 0.3) is 11.1 Å². The summed E-state index contributed by atoms with van der Waals surface area (Å²) in [7, 11) is 0. The molecule has 0 saturated carbocycles. The van der Waals surface area contributed by atoms with Gasteiger partial charge in [0.1, 0.15) is 5.52 Å². The lowest BCUT2D eigenvalue weighted by molar-refractivity contribution is 0.625. The molecule has 0 bridgehead atoms. The number of oxazole rings is 1. The Bertz CT molecular complexity index is 396. The molecule has 1 aromatic heterocycles. The summed E-state index contributed by atoms with van der Waals surface area (Å²) >= 11 is 4.14. The fourth-order valence-electron chi connectivity index (χ4n) is 0.931. The Hall–Kier alpha value is -1.16. The predicted octanol–water partition coefficient (Wildman–Crippen LogP) is 1.70. The minimum atomic E-state index is 0.193. The zero-order valence-corrected chi connectivity index (χ0v) is 6.51. The Morgan fingerprint density at radius 3 is 3.09 bits per heavy atom. The van der Waals surface area contributed by atoms with Crippen LogP contribution in [0.3, 0.4) is 0 Å². The van der Waals surface area contributed by atoms with Crippen LogP contribution < -0.4 is 5.73 Å². The molecule has 2 rings (SSSR count). The Kier molecular flexibility index (Phi) is 1.29. The van der Waals surface area contributed by atoms with Crippen molar-refractivity contribution >= 4 is 29.7 Å². The number of aromatic nitrogens is 1. The first-order valence-electron chi connectivity index (χ1n) is 3.11. The van der Waals surface area contributed by atoms with E-state index in [2.05, 4.69) is 17.6 Å². The number of fused-ring (bicyclic) bond motifs is 1. The van der Waals surface area contributed by atoms with E-state index in [9.17, 15) is 0 Å². The second-order valence-corrected chi connectivity index (χ2v) is 2.72. The van der Waals surface area contributed by atoms with Gasteiger partial charge in [-0.2, -0.15) is 4.98 Å². The van der Waals surface area contributed by atoms with Crippen molar-refractivity contribution in [1.82, 2.24) is 4.98 Å². The van der Waals surface area contributed by atoms with Crippen LogP contribution >= 0.6 is 12.6 Å². The summed E-state index contributed by atoms with van der Waals surface area (Å²) in [5, 5.41) is 0. The number of nitrogens with zero attached hydrogens (tertiary/aromatic N) is 1. The van der Waals surface area contributed by atoms with E-state index in [1.165, 1.54) is 0 Å². The summed E-state index contributed by atoms with van der Waals surface area (Å²) in [6, 6.07) is 5.63. The Morgan fingerprint density at radius 2 is 2.27 bits per heavy atom. The van der Waals surface area contributed by atoms with Crippen molar-refractivity contribution in [1.29, 1.82) is 0 Å². The Morgan fingerprint density at radius 1 is 1.45 bits per heavy atom. The van der Waals surface area contributed by atoms with Gasteiger partial charge in [-0.05, 0) is 18.2 Å². The second kappa shape index (κ2) is 2.17. The highest BCUT2D eigenvalue weighted by Gasteiger charge is 2.00. The van der Waals surface area contributed by atoms with Crippen LogP contribution in [0.15, 0.2) is 27.5 Å². The lowest BCUT2D eigenvalue weighted by Crippen LogP contribution is -1.80. The van der Waals surface area contributed by atoms with Crippen LogP contribution in [-0.4, -0.2) is 4.98 Å². The van der Waals surface area contributed by atoms with Crippen molar-refractivity contribution in [3.8, 4) is 0 Å². The Balaban J connectivity index is 2.82. The van der Waals surface area contributed by atoms with Crippen LogP contribution in [-0.2, 0) is 0 Å². The molecule has 11 heavy (non-hydrogen) atoms. The third-order valence-electron chi connectivity index (χ3n) is 1.39. The van der Waals surface area contributed by atoms with E-state index in [4.69, 9.17) is 10.2 Å². The highest BCUT2D eigenvalue weighted by atomic mass is 32.1. The molecule has 3 nitrogen and oxygen atoms in total. The maximum absolute atomic E-state index is 5.34. The Labute approximate surface area is 68.6 Å².